The van der Waals surface area contributed by atoms with Gasteiger partial charge in [0.05, 0.1) is 6.42 Å². The zero-order chi connectivity index (χ0) is 11.5. The second kappa shape index (κ2) is 4.14. The average molecular weight is 220 g/mol. The lowest BCUT2D eigenvalue weighted by atomic mass is 10.1. The third-order valence-electron chi connectivity index (χ3n) is 2.12. The highest BCUT2D eigenvalue weighted by molar-refractivity contribution is 5.70. The van der Waals surface area contributed by atoms with Crippen LogP contribution in [-0.2, 0) is 11.2 Å². The van der Waals surface area contributed by atoms with Gasteiger partial charge in [-0.2, -0.15) is 5.10 Å². The van der Waals surface area contributed by atoms with E-state index in [-0.39, 0.29) is 6.42 Å². The molecule has 0 amide bonds. The lowest BCUT2D eigenvalue weighted by Gasteiger charge is -2.04. The lowest BCUT2D eigenvalue weighted by molar-refractivity contribution is -0.136. The zero-order valence-electron chi connectivity index (χ0n) is 8.30. The highest BCUT2D eigenvalue weighted by Crippen LogP contribution is 2.14. The van der Waals surface area contributed by atoms with E-state index in [0.717, 1.165) is 0 Å². The molecule has 0 unspecified atom stereocenters. The van der Waals surface area contributed by atoms with Crippen molar-refractivity contribution in [2.24, 2.45) is 0 Å². The first-order valence-electron chi connectivity index (χ1n) is 4.67. The summed E-state index contributed by atoms with van der Waals surface area (Å²) in [5.74, 6) is -1.46. The SMILES string of the molecule is O=C(O)Cc1ccc(-n2cccn2)c(F)c1. The normalized spacial score (nSPS) is 10.3. The van der Waals surface area contributed by atoms with E-state index in [1.54, 1.807) is 24.5 Å². The molecule has 0 spiro atoms. The fourth-order valence-electron chi connectivity index (χ4n) is 1.43. The Bertz CT molecular complexity index is 509. The van der Waals surface area contributed by atoms with Gasteiger partial charge in [-0.25, -0.2) is 9.07 Å². The Labute approximate surface area is 90.9 Å². The largest absolute Gasteiger partial charge is 0.481 e. The molecule has 0 aliphatic heterocycles. The van der Waals surface area contributed by atoms with Crippen LogP contribution in [0, 0.1) is 5.82 Å². The summed E-state index contributed by atoms with van der Waals surface area (Å²) in [6.45, 7) is 0. The van der Waals surface area contributed by atoms with Crippen molar-refractivity contribution in [3.63, 3.8) is 0 Å². The number of halogens is 1. The number of hydrogen-bond donors (Lipinski definition) is 1. The van der Waals surface area contributed by atoms with Gasteiger partial charge in [0, 0.05) is 12.4 Å². The Morgan fingerprint density at radius 1 is 1.50 bits per heavy atom. The van der Waals surface area contributed by atoms with Crippen LogP contribution in [0.25, 0.3) is 5.69 Å². The molecule has 0 bridgehead atoms. The van der Waals surface area contributed by atoms with Gasteiger partial charge in [0.25, 0.3) is 0 Å². The maximum absolute atomic E-state index is 13.6. The van der Waals surface area contributed by atoms with Crippen molar-refractivity contribution in [2.75, 3.05) is 0 Å². The number of aliphatic carboxylic acids is 1. The van der Waals surface area contributed by atoms with Crippen molar-refractivity contribution < 1.29 is 14.3 Å². The Kier molecular flexibility index (Phi) is 2.68. The standard InChI is InChI=1S/C11H9FN2O2/c12-9-6-8(7-11(15)16)2-3-10(9)14-5-1-4-13-14/h1-6H,7H2,(H,15,16). The Morgan fingerprint density at radius 2 is 2.31 bits per heavy atom. The molecule has 4 nitrogen and oxygen atoms in total. The molecule has 0 radical (unpaired) electrons. The maximum Gasteiger partial charge on any atom is 0.307 e. The molecule has 1 aromatic heterocycles. The summed E-state index contributed by atoms with van der Waals surface area (Å²) in [6, 6.07) is 5.99. The van der Waals surface area contributed by atoms with Gasteiger partial charge in [0.1, 0.15) is 11.5 Å². The van der Waals surface area contributed by atoms with Crippen molar-refractivity contribution in [1.82, 2.24) is 9.78 Å². The number of hydrogen-bond acceptors (Lipinski definition) is 2. The van der Waals surface area contributed by atoms with Crippen LogP contribution in [0.4, 0.5) is 4.39 Å². The van der Waals surface area contributed by atoms with E-state index in [4.69, 9.17) is 5.11 Å². The van der Waals surface area contributed by atoms with Gasteiger partial charge in [0.2, 0.25) is 0 Å². The maximum atomic E-state index is 13.6. The smallest absolute Gasteiger partial charge is 0.307 e. The predicted molar refractivity (Wildman–Crippen MR) is 54.9 cm³/mol. The topological polar surface area (TPSA) is 55.1 Å². The minimum absolute atomic E-state index is 0.184. The quantitative estimate of drug-likeness (QED) is 0.855. The first-order chi connectivity index (χ1) is 7.66. The summed E-state index contributed by atoms with van der Waals surface area (Å²) in [5.41, 5.74) is 0.736. The second-order valence-electron chi connectivity index (χ2n) is 3.31. The molecule has 5 heteroatoms. The molecule has 16 heavy (non-hydrogen) atoms. The number of nitrogens with zero attached hydrogens (tertiary/aromatic N) is 2. The number of carboxylic acids is 1. The van der Waals surface area contributed by atoms with Gasteiger partial charge >= 0.3 is 5.97 Å². The summed E-state index contributed by atoms with van der Waals surface area (Å²) >= 11 is 0. The summed E-state index contributed by atoms with van der Waals surface area (Å²) in [6.07, 6.45) is 2.98. The number of carbonyl (C=O) groups is 1. The highest BCUT2D eigenvalue weighted by Gasteiger charge is 2.07. The van der Waals surface area contributed by atoms with E-state index in [1.165, 1.54) is 16.8 Å². The number of benzene rings is 1. The van der Waals surface area contributed by atoms with E-state index >= 15 is 0 Å². The fourth-order valence-corrected chi connectivity index (χ4v) is 1.43. The molecule has 2 rings (SSSR count). The monoisotopic (exact) mass is 220 g/mol. The predicted octanol–water partition coefficient (Wildman–Crippen LogP) is 1.64. The van der Waals surface area contributed by atoms with E-state index < -0.39 is 11.8 Å². The molecule has 0 aliphatic carbocycles. The summed E-state index contributed by atoms with van der Waals surface area (Å²) < 4.78 is 15.0. The molecule has 1 N–H and O–H groups in total. The Morgan fingerprint density at radius 3 is 2.88 bits per heavy atom. The van der Waals surface area contributed by atoms with Gasteiger partial charge in [-0.05, 0) is 23.8 Å². The number of rotatable bonds is 3. The average Bonchev–Trinajstić information content (AvgIpc) is 2.69. The van der Waals surface area contributed by atoms with Crippen LogP contribution < -0.4 is 0 Å². The summed E-state index contributed by atoms with van der Waals surface area (Å²) in [4.78, 5) is 10.5. The van der Waals surface area contributed by atoms with Crippen LogP contribution in [-0.4, -0.2) is 20.9 Å². The molecule has 1 aromatic carbocycles. The molecule has 0 fully saturated rings. The molecule has 0 saturated carbocycles. The summed E-state index contributed by atoms with van der Waals surface area (Å²) in [5, 5.41) is 12.5. The van der Waals surface area contributed by atoms with Crippen LogP contribution in [0.1, 0.15) is 5.56 Å². The van der Waals surface area contributed by atoms with Gasteiger partial charge in [0.15, 0.2) is 0 Å². The Balaban J connectivity index is 2.34. The van der Waals surface area contributed by atoms with Crippen LogP contribution in [0.5, 0.6) is 0 Å². The third-order valence-corrected chi connectivity index (χ3v) is 2.12. The summed E-state index contributed by atoms with van der Waals surface area (Å²) in [7, 11) is 0. The van der Waals surface area contributed by atoms with Gasteiger partial charge < -0.3 is 5.11 Å². The van der Waals surface area contributed by atoms with Gasteiger partial charge in [-0.1, -0.05) is 6.07 Å². The van der Waals surface area contributed by atoms with Crippen molar-refractivity contribution in [2.45, 2.75) is 6.42 Å². The van der Waals surface area contributed by atoms with E-state index in [9.17, 15) is 9.18 Å². The first-order valence-corrected chi connectivity index (χ1v) is 4.67. The molecule has 0 aliphatic rings. The number of carboxylic acid groups (broad SMARTS) is 1. The minimum Gasteiger partial charge on any atom is -0.481 e. The van der Waals surface area contributed by atoms with Crippen molar-refractivity contribution in [3.8, 4) is 5.69 Å². The third kappa shape index (κ3) is 2.08. The molecule has 1 heterocycles. The molecule has 82 valence electrons. The van der Waals surface area contributed by atoms with Crippen molar-refractivity contribution in [3.05, 3.63) is 48.0 Å². The van der Waals surface area contributed by atoms with E-state index in [1.807, 2.05) is 0 Å². The first kappa shape index (κ1) is 10.4. The highest BCUT2D eigenvalue weighted by atomic mass is 19.1. The van der Waals surface area contributed by atoms with Crippen LogP contribution in [0.15, 0.2) is 36.7 Å². The van der Waals surface area contributed by atoms with E-state index in [0.29, 0.717) is 11.3 Å². The van der Waals surface area contributed by atoms with Gasteiger partial charge in [-0.15, -0.1) is 0 Å². The molecule has 0 saturated heterocycles. The molecular formula is C11H9FN2O2. The zero-order valence-corrected chi connectivity index (χ0v) is 8.30. The minimum atomic E-state index is -0.980. The van der Waals surface area contributed by atoms with Crippen LogP contribution in [0.3, 0.4) is 0 Å². The lowest BCUT2D eigenvalue weighted by Crippen LogP contribution is -2.03. The second-order valence-corrected chi connectivity index (χ2v) is 3.31. The van der Waals surface area contributed by atoms with Crippen LogP contribution in [0.2, 0.25) is 0 Å². The van der Waals surface area contributed by atoms with Crippen molar-refractivity contribution in [1.29, 1.82) is 0 Å². The molecular weight excluding hydrogens is 211 g/mol. The molecule has 2 aromatic rings. The fraction of sp³-hybridized carbons (Fsp3) is 0.0909. The Hall–Kier alpha value is -2.17. The molecule has 0 atom stereocenters. The number of aromatic nitrogens is 2. The van der Waals surface area contributed by atoms with Gasteiger partial charge in [-0.3, -0.25) is 4.79 Å². The van der Waals surface area contributed by atoms with Crippen molar-refractivity contribution >= 4 is 5.97 Å². The van der Waals surface area contributed by atoms with Crippen LogP contribution >= 0.6 is 0 Å². The van der Waals surface area contributed by atoms with E-state index in [2.05, 4.69) is 5.10 Å².